The van der Waals surface area contributed by atoms with Crippen molar-refractivity contribution < 1.29 is 0 Å². The van der Waals surface area contributed by atoms with Crippen LogP contribution in [0.15, 0.2) is 0 Å². The maximum atomic E-state index is 2.38. The highest BCUT2D eigenvalue weighted by Crippen LogP contribution is 2.03. The van der Waals surface area contributed by atoms with Crippen LogP contribution in [0.2, 0.25) is 0 Å². The second-order valence-electron chi connectivity index (χ2n) is 1.82. The molecular weight excluding hydrogens is 233 g/mol. The van der Waals surface area contributed by atoms with Crippen LogP contribution in [-0.2, 0) is 0 Å². The van der Waals surface area contributed by atoms with Gasteiger partial charge in [-0.2, -0.15) is 0 Å². The van der Waals surface area contributed by atoms with Gasteiger partial charge in [-0.25, -0.2) is 0 Å². The Balaban J connectivity index is 2.72. The topological polar surface area (TPSA) is 3.24 Å². The van der Waals surface area contributed by atoms with E-state index in [0.717, 1.165) is 0 Å². The Morgan fingerprint density at radius 2 is 2.12 bits per heavy atom. The molecule has 0 aromatic rings. The van der Waals surface area contributed by atoms with Gasteiger partial charge in [0.25, 0.3) is 0 Å². The van der Waals surface area contributed by atoms with E-state index < -0.39 is 0 Å². The number of hydrogen-bond acceptors (Lipinski definition) is 2. The van der Waals surface area contributed by atoms with E-state index in [1.807, 2.05) is 11.8 Å². The van der Waals surface area contributed by atoms with Crippen LogP contribution in [0.1, 0.15) is 0 Å². The summed E-state index contributed by atoms with van der Waals surface area (Å²) in [6.07, 6.45) is 0. The van der Waals surface area contributed by atoms with Gasteiger partial charge in [-0.3, -0.25) is 0 Å². The Labute approximate surface area is 69.3 Å². The molecule has 0 aromatic heterocycles. The third kappa shape index (κ3) is 7.04. The van der Waals surface area contributed by atoms with E-state index in [1.165, 1.54) is 16.1 Å². The highest BCUT2D eigenvalue weighted by atomic mass is 127. The van der Waals surface area contributed by atoms with Crippen molar-refractivity contribution in [1.29, 1.82) is 0 Å². The van der Waals surface area contributed by atoms with Crippen molar-refractivity contribution >= 4 is 34.4 Å². The number of halogens is 1. The third-order valence-corrected chi connectivity index (χ3v) is 2.71. The molecule has 0 aliphatic rings. The van der Waals surface area contributed by atoms with Crippen LogP contribution in [0, 0.1) is 0 Å². The van der Waals surface area contributed by atoms with Gasteiger partial charge in [-0.1, -0.05) is 22.6 Å². The minimum absolute atomic E-state index is 1.20. The highest BCUT2D eigenvalue weighted by Gasteiger charge is 1.87. The van der Waals surface area contributed by atoms with Gasteiger partial charge < -0.3 is 4.90 Å². The smallest absolute Gasteiger partial charge is 0.0454 e. The predicted molar refractivity (Wildman–Crippen MR) is 49.9 cm³/mol. The van der Waals surface area contributed by atoms with E-state index in [4.69, 9.17) is 0 Å². The summed E-state index contributed by atoms with van der Waals surface area (Å²) in [5, 5.41) is 0. The minimum atomic E-state index is 1.20. The summed E-state index contributed by atoms with van der Waals surface area (Å²) < 4.78 is 1.21. The molecule has 0 heterocycles. The number of thioether (sulfide) groups is 1. The summed E-state index contributed by atoms with van der Waals surface area (Å²) in [4.78, 5) is 2.21. The maximum absolute atomic E-state index is 2.38. The van der Waals surface area contributed by atoms with Crippen molar-refractivity contribution in [3.8, 4) is 0 Å². The second kappa shape index (κ2) is 6.16. The van der Waals surface area contributed by atoms with Gasteiger partial charge in [0.2, 0.25) is 0 Å². The number of hydrogen-bond donors (Lipinski definition) is 0. The Morgan fingerprint density at radius 1 is 1.50 bits per heavy atom. The molecule has 0 saturated carbocycles. The standard InChI is InChI=1S/C5H12INS/c1-7(2)3-4-8-5-6/h3-5H2,1-2H3. The van der Waals surface area contributed by atoms with Crippen LogP contribution in [0.5, 0.6) is 0 Å². The van der Waals surface area contributed by atoms with E-state index in [2.05, 4.69) is 41.6 Å². The molecule has 0 spiro atoms. The van der Waals surface area contributed by atoms with Gasteiger partial charge >= 0.3 is 0 Å². The zero-order valence-electron chi connectivity index (χ0n) is 5.35. The Kier molecular flexibility index (Phi) is 6.97. The van der Waals surface area contributed by atoms with E-state index in [9.17, 15) is 0 Å². The molecule has 0 unspecified atom stereocenters. The van der Waals surface area contributed by atoms with Gasteiger partial charge in [0, 0.05) is 16.1 Å². The SMILES string of the molecule is CN(C)CCSCI. The van der Waals surface area contributed by atoms with E-state index in [0.29, 0.717) is 0 Å². The van der Waals surface area contributed by atoms with Gasteiger partial charge in [0.1, 0.15) is 0 Å². The first kappa shape index (κ1) is 9.04. The monoisotopic (exact) mass is 245 g/mol. The summed E-state index contributed by atoms with van der Waals surface area (Å²) >= 11 is 4.36. The largest absolute Gasteiger partial charge is 0.309 e. The fraction of sp³-hybridized carbons (Fsp3) is 1.00. The third-order valence-electron chi connectivity index (χ3n) is 0.760. The number of rotatable bonds is 4. The lowest BCUT2D eigenvalue weighted by Gasteiger charge is -2.06. The normalized spacial score (nSPS) is 10.5. The molecule has 0 N–H and O–H groups in total. The summed E-state index contributed by atoms with van der Waals surface area (Å²) in [6, 6.07) is 0. The quantitative estimate of drug-likeness (QED) is 0.421. The van der Waals surface area contributed by atoms with Gasteiger partial charge in [0.15, 0.2) is 0 Å². The molecular formula is C5H12INS. The van der Waals surface area contributed by atoms with Crippen LogP contribution >= 0.6 is 34.4 Å². The van der Waals surface area contributed by atoms with Crippen LogP contribution in [-0.4, -0.2) is 35.1 Å². The molecule has 0 aliphatic carbocycles. The Hall–Kier alpha value is 1.04. The molecule has 3 heteroatoms. The van der Waals surface area contributed by atoms with E-state index >= 15 is 0 Å². The van der Waals surface area contributed by atoms with Crippen molar-refractivity contribution in [3.05, 3.63) is 0 Å². The molecule has 0 rings (SSSR count). The molecule has 0 amide bonds. The zero-order chi connectivity index (χ0) is 6.41. The average molecular weight is 245 g/mol. The maximum Gasteiger partial charge on any atom is 0.0454 e. The zero-order valence-corrected chi connectivity index (χ0v) is 8.33. The average Bonchev–Trinajstić information content (AvgIpc) is 1.66. The first-order valence-electron chi connectivity index (χ1n) is 2.56. The van der Waals surface area contributed by atoms with Crippen molar-refractivity contribution in [2.75, 3.05) is 30.2 Å². The lowest BCUT2D eigenvalue weighted by atomic mass is 10.7. The number of alkyl halides is 1. The molecule has 0 fully saturated rings. The molecule has 0 atom stereocenters. The van der Waals surface area contributed by atoms with Crippen molar-refractivity contribution in [1.82, 2.24) is 4.90 Å². The summed E-state index contributed by atoms with van der Waals surface area (Å²) in [5.41, 5.74) is 0. The van der Waals surface area contributed by atoms with Crippen LogP contribution in [0.3, 0.4) is 0 Å². The molecule has 0 saturated heterocycles. The van der Waals surface area contributed by atoms with Gasteiger partial charge in [-0.05, 0) is 14.1 Å². The van der Waals surface area contributed by atoms with Crippen molar-refractivity contribution in [2.45, 2.75) is 0 Å². The van der Waals surface area contributed by atoms with Crippen molar-refractivity contribution in [3.63, 3.8) is 0 Å². The molecule has 0 aromatic carbocycles. The van der Waals surface area contributed by atoms with Crippen LogP contribution < -0.4 is 0 Å². The Morgan fingerprint density at radius 3 is 2.50 bits per heavy atom. The van der Waals surface area contributed by atoms with Gasteiger partial charge in [-0.15, -0.1) is 11.8 Å². The summed E-state index contributed by atoms with van der Waals surface area (Å²) in [7, 11) is 4.21. The van der Waals surface area contributed by atoms with E-state index in [1.54, 1.807) is 0 Å². The predicted octanol–water partition coefficient (Wildman–Crippen LogP) is 1.67. The molecule has 8 heavy (non-hydrogen) atoms. The highest BCUT2D eigenvalue weighted by molar-refractivity contribution is 14.1. The summed E-state index contributed by atoms with van der Waals surface area (Å²) in [5.74, 6) is 1.26. The van der Waals surface area contributed by atoms with Crippen molar-refractivity contribution in [2.24, 2.45) is 0 Å². The second-order valence-corrected chi connectivity index (χ2v) is 4.72. The van der Waals surface area contributed by atoms with E-state index in [-0.39, 0.29) is 0 Å². The molecule has 50 valence electrons. The molecule has 0 bridgehead atoms. The summed E-state index contributed by atoms with van der Waals surface area (Å²) in [6.45, 7) is 1.20. The lowest BCUT2D eigenvalue weighted by molar-refractivity contribution is 0.437. The Bertz CT molecular complexity index is 49.7. The fourth-order valence-electron chi connectivity index (χ4n) is 0.302. The minimum Gasteiger partial charge on any atom is -0.309 e. The molecule has 1 nitrogen and oxygen atoms in total. The first-order chi connectivity index (χ1) is 3.77. The molecule has 0 aliphatic heterocycles. The number of nitrogens with zero attached hydrogens (tertiary/aromatic N) is 1. The lowest BCUT2D eigenvalue weighted by Crippen LogP contribution is -2.14. The van der Waals surface area contributed by atoms with Gasteiger partial charge in [0.05, 0.1) is 0 Å². The first-order valence-corrected chi connectivity index (χ1v) is 5.24. The van der Waals surface area contributed by atoms with Crippen LogP contribution in [0.4, 0.5) is 0 Å². The molecule has 0 radical (unpaired) electrons. The van der Waals surface area contributed by atoms with Crippen LogP contribution in [0.25, 0.3) is 0 Å². The fourth-order valence-corrected chi connectivity index (χ4v) is 1.84.